The molecule has 2 saturated heterocycles. The van der Waals surface area contributed by atoms with Crippen LogP contribution in [0.4, 0.5) is 0 Å². The summed E-state index contributed by atoms with van der Waals surface area (Å²) in [6.07, 6.45) is 6.42. The molecule has 6 heteroatoms. The van der Waals surface area contributed by atoms with Gasteiger partial charge < -0.3 is 20.1 Å². The predicted molar refractivity (Wildman–Crippen MR) is 105 cm³/mol. The van der Waals surface area contributed by atoms with Crippen molar-refractivity contribution in [2.75, 3.05) is 20.3 Å². The van der Waals surface area contributed by atoms with Gasteiger partial charge in [0.15, 0.2) is 0 Å². The summed E-state index contributed by atoms with van der Waals surface area (Å²) < 4.78 is 10.8. The Hall–Kier alpha value is -1.30. The van der Waals surface area contributed by atoms with Crippen molar-refractivity contribution in [3.63, 3.8) is 0 Å². The van der Waals surface area contributed by atoms with Crippen LogP contribution in [0.15, 0.2) is 24.3 Å². The first-order valence-electron chi connectivity index (χ1n) is 9.46. The van der Waals surface area contributed by atoms with E-state index in [1.165, 1.54) is 12.8 Å². The number of methoxy groups -OCH3 is 1. The second kappa shape index (κ2) is 10.8. The highest BCUT2D eigenvalue weighted by Gasteiger charge is 2.33. The molecule has 1 amide bonds. The molecule has 1 aromatic rings. The van der Waals surface area contributed by atoms with Gasteiger partial charge in [0.2, 0.25) is 5.91 Å². The smallest absolute Gasteiger partial charge is 0.220 e. The van der Waals surface area contributed by atoms with Gasteiger partial charge in [0.1, 0.15) is 5.75 Å². The summed E-state index contributed by atoms with van der Waals surface area (Å²) >= 11 is 0. The lowest BCUT2D eigenvalue weighted by Crippen LogP contribution is -2.39. The lowest BCUT2D eigenvalue weighted by atomic mass is 9.89. The fourth-order valence-electron chi connectivity index (χ4n) is 3.99. The highest BCUT2D eigenvalue weighted by Crippen LogP contribution is 2.32. The average molecular weight is 383 g/mol. The van der Waals surface area contributed by atoms with Gasteiger partial charge in [-0.2, -0.15) is 0 Å². The topological polar surface area (TPSA) is 59.6 Å². The quantitative estimate of drug-likeness (QED) is 0.644. The summed E-state index contributed by atoms with van der Waals surface area (Å²) in [4.78, 5) is 12.1. The minimum atomic E-state index is 0. The van der Waals surface area contributed by atoms with Crippen molar-refractivity contribution in [3.8, 4) is 5.75 Å². The molecule has 2 atom stereocenters. The first kappa shape index (κ1) is 21.0. The van der Waals surface area contributed by atoms with Crippen LogP contribution < -0.4 is 15.4 Å². The van der Waals surface area contributed by atoms with Gasteiger partial charge >= 0.3 is 0 Å². The molecule has 0 aliphatic carbocycles. The van der Waals surface area contributed by atoms with E-state index in [9.17, 15) is 4.79 Å². The van der Waals surface area contributed by atoms with Crippen LogP contribution >= 0.6 is 12.4 Å². The van der Waals surface area contributed by atoms with Gasteiger partial charge in [-0.3, -0.25) is 4.79 Å². The standard InChI is InChI=1S/C20H30N2O3.ClH/c1-24-19-7-3-15(4-8-19)14-25-10-2-9-21-20(23)13-16-11-17-5-6-18(12-16)22-17;/h3-4,7-8,16-18,22H,2,5-6,9-14H2,1H3,(H,21,23);1H. The van der Waals surface area contributed by atoms with Crippen LogP contribution in [-0.2, 0) is 16.1 Å². The van der Waals surface area contributed by atoms with Crippen LogP contribution in [0.1, 0.15) is 44.1 Å². The van der Waals surface area contributed by atoms with Crippen LogP contribution in [0.2, 0.25) is 0 Å². The molecule has 2 N–H and O–H groups in total. The van der Waals surface area contributed by atoms with E-state index in [2.05, 4.69) is 10.6 Å². The number of benzene rings is 1. The maximum atomic E-state index is 12.1. The molecule has 0 aromatic heterocycles. The molecule has 2 bridgehead atoms. The minimum Gasteiger partial charge on any atom is -0.497 e. The van der Waals surface area contributed by atoms with Crippen molar-refractivity contribution in [3.05, 3.63) is 29.8 Å². The predicted octanol–water partition coefficient (Wildman–Crippen LogP) is 3.06. The molecule has 2 unspecified atom stereocenters. The van der Waals surface area contributed by atoms with Crippen LogP contribution in [0.25, 0.3) is 0 Å². The van der Waals surface area contributed by atoms with Gasteiger partial charge in [-0.05, 0) is 55.7 Å². The molecule has 0 saturated carbocycles. The summed E-state index contributed by atoms with van der Waals surface area (Å²) in [5.41, 5.74) is 1.13. The van der Waals surface area contributed by atoms with Gasteiger partial charge in [-0.15, -0.1) is 12.4 Å². The Balaban J connectivity index is 0.00000243. The number of ether oxygens (including phenoxy) is 2. The zero-order chi connectivity index (χ0) is 17.5. The third-order valence-corrected chi connectivity index (χ3v) is 5.26. The second-order valence-electron chi connectivity index (χ2n) is 7.28. The molecule has 26 heavy (non-hydrogen) atoms. The second-order valence-corrected chi connectivity index (χ2v) is 7.28. The Labute approximate surface area is 162 Å². The van der Waals surface area contributed by atoms with E-state index in [1.54, 1.807) is 7.11 Å². The van der Waals surface area contributed by atoms with Gasteiger partial charge in [0.05, 0.1) is 13.7 Å². The van der Waals surface area contributed by atoms with Crippen molar-refractivity contribution in [1.29, 1.82) is 0 Å². The van der Waals surface area contributed by atoms with Crippen molar-refractivity contribution in [2.45, 2.75) is 57.2 Å². The Morgan fingerprint density at radius 3 is 2.54 bits per heavy atom. The summed E-state index contributed by atoms with van der Waals surface area (Å²) in [6, 6.07) is 9.20. The van der Waals surface area contributed by atoms with Crippen molar-refractivity contribution in [2.24, 2.45) is 5.92 Å². The fourth-order valence-corrected chi connectivity index (χ4v) is 3.99. The SMILES string of the molecule is COc1ccc(COCCCNC(=O)CC2CC3CCC(C2)N3)cc1.Cl. The molecule has 2 heterocycles. The number of amides is 1. The lowest BCUT2D eigenvalue weighted by Gasteiger charge is -2.28. The van der Waals surface area contributed by atoms with Gasteiger partial charge in [0.25, 0.3) is 0 Å². The highest BCUT2D eigenvalue weighted by atomic mass is 35.5. The maximum Gasteiger partial charge on any atom is 0.220 e. The van der Waals surface area contributed by atoms with E-state index >= 15 is 0 Å². The van der Waals surface area contributed by atoms with Crippen molar-refractivity contribution < 1.29 is 14.3 Å². The molecule has 3 rings (SSSR count). The molecule has 2 aliphatic heterocycles. The highest BCUT2D eigenvalue weighted by molar-refractivity contribution is 5.85. The molecule has 2 aliphatic rings. The molecule has 2 fully saturated rings. The molecule has 0 radical (unpaired) electrons. The van der Waals surface area contributed by atoms with E-state index in [4.69, 9.17) is 9.47 Å². The lowest BCUT2D eigenvalue weighted by molar-refractivity contribution is -0.122. The number of halogens is 1. The number of carbonyl (C=O) groups excluding carboxylic acids is 1. The van der Waals surface area contributed by atoms with Crippen molar-refractivity contribution >= 4 is 18.3 Å². The molecule has 1 aromatic carbocycles. The van der Waals surface area contributed by atoms with E-state index in [0.717, 1.165) is 30.6 Å². The van der Waals surface area contributed by atoms with Gasteiger partial charge in [-0.1, -0.05) is 12.1 Å². The monoisotopic (exact) mass is 382 g/mol. The number of hydrogen-bond acceptors (Lipinski definition) is 4. The fraction of sp³-hybridized carbons (Fsp3) is 0.650. The summed E-state index contributed by atoms with van der Waals surface area (Å²) in [6.45, 7) is 1.94. The number of rotatable bonds is 9. The third kappa shape index (κ3) is 6.45. The van der Waals surface area contributed by atoms with E-state index < -0.39 is 0 Å². The number of piperidine rings is 1. The normalized spacial score (nSPS) is 24.0. The largest absolute Gasteiger partial charge is 0.497 e. The molecular weight excluding hydrogens is 352 g/mol. The van der Waals surface area contributed by atoms with E-state index in [0.29, 0.717) is 44.2 Å². The molecule has 5 nitrogen and oxygen atoms in total. The van der Waals surface area contributed by atoms with Crippen molar-refractivity contribution in [1.82, 2.24) is 10.6 Å². The van der Waals surface area contributed by atoms with Crippen LogP contribution in [-0.4, -0.2) is 38.3 Å². The summed E-state index contributed by atoms with van der Waals surface area (Å²) in [7, 11) is 1.66. The van der Waals surface area contributed by atoms with Gasteiger partial charge in [0, 0.05) is 31.7 Å². The first-order chi connectivity index (χ1) is 12.2. The molecule has 146 valence electrons. The zero-order valence-electron chi connectivity index (χ0n) is 15.5. The first-order valence-corrected chi connectivity index (χ1v) is 9.46. The number of fused-ring (bicyclic) bond motifs is 2. The Morgan fingerprint density at radius 1 is 1.19 bits per heavy atom. The zero-order valence-corrected chi connectivity index (χ0v) is 16.4. The Kier molecular flexibility index (Phi) is 8.69. The minimum absolute atomic E-state index is 0. The van der Waals surface area contributed by atoms with Crippen LogP contribution in [0.5, 0.6) is 5.75 Å². The van der Waals surface area contributed by atoms with E-state index in [-0.39, 0.29) is 18.3 Å². The Bertz CT molecular complexity index is 540. The van der Waals surface area contributed by atoms with Crippen LogP contribution in [0, 0.1) is 5.92 Å². The number of carbonyl (C=O) groups is 1. The summed E-state index contributed by atoms with van der Waals surface area (Å²) in [5.74, 6) is 1.61. The molecule has 0 spiro atoms. The number of hydrogen-bond donors (Lipinski definition) is 2. The van der Waals surface area contributed by atoms with E-state index in [1.807, 2.05) is 24.3 Å². The van der Waals surface area contributed by atoms with Crippen LogP contribution in [0.3, 0.4) is 0 Å². The molecular formula is C20H31ClN2O3. The van der Waals surface area contributed by atoms with Gasteiger partial charge in [-0.25, -0.2) is 0 Å². The third-order valence-electron chi connectivity index (χ3n) is 5.26. The maximum absolute atomic E-state index is 12.1. The Morgan fingerprint density at radius 2 is 1.88 bits per heavy atom. The number of nitrogens with one attached hydrogen (secondary N) is 2. The summed E-state index contributed by atoms with van der Waals surface area (Å²) in [5, 5.41) is 6.66. The average Bonchev–Trinajstić information content (AvgIpc) is 2.97.